The molecule has 0 aliphatic carbocycles. The van der Waals surface area contributed by atoms with Gasteiger partial charge < -0.3 is 15.7 Å². The van der Waals surface area contributed by atoms with Crippen LogP contribution in [0.4, 0.5) is 11.4 Å². The Morgan fingerprint density at radius 2 is 2.05 bits per heavy atom. The molecule has 0 saturated heterocycles. The minimum atomic E-state index is -1.40. The van der Waals surface area contributed by atoms with E-state index in [-0.39, 0.29) is 12.5 Å². The second-order valence-corrected chi connectivity index (χ2v) is 5.00. The largest absolute Gasteiger partial charge is 0.477 e. The Morgan fingerprint density at radius 3 is 2.48 bits per heavy atom. The van der Waals surface area contributed by atoms with E-state index in [0.29, 0.717) is 12.2 Å². The summed E-state index contributed by atoms with van der Waals surface area (Å²) in [7, 11) is 0. The summed E-state index contributed by atoms with van der Waals surface area (Å²) in [5.41, 5.74) is 4.67. The summed E-state index contributed by atoms with van der Waals surface area (Å²) in [6.07, 6.45) is 0. The van der Waals surface area contributed by atoms with Crippen LogP contribution in [0.3, 0.4) is 0 Å². The van der Waals surface area contributed by atoms with Crippen molar-refractivity contribution in [3.63, 3.8) is 0 Å². The summed E-state index contributed by atoms with van der Waals surface area (Å²) in [4.78, 5) is 33.9. The molecular weight excluding hydrogens is 278 g/mol. The molecule has 1 amide bonds. The molecule has 0 bridgehead atoms. The van der Waals surface area contributed by atoms with E-state index in [4.69, 9.17) is 10.8 Å². The SMILES string of the molecule is CC(C)CN(CC(N)=O)c1ccc([N+](=O)[O-])c(C(=O)O)c1. The van der Waals surface area contributed by atoms with Gasteiger partial charge in [0.2, 0.25) is 5.91 Å². The number of amides is 1. The Hall–Kier alpha value is -2.64. The first kappa shape index (κ1) is 16.4. The third-order valence-electron chi connectivity index (χ3n) is 2.70. The normalized spacial score (nSPS) is 10.4. The molecule has 0 fully saturated rings. The lowest BCUT2D eigenvalue weighted by atomic mass is 10.1. The van der Waals surface area contributed by atoms with E-state index in [1.54, 1.807) is 4.90 Å². The second-order valence-electron chi connectivity index (χ2n) is 5.00. The summed E-state index contributed by atoms with van der Waals surface area (Å²) in [5, 5.41) is 19.9. The number of nitro groups is 1. The quantitative estimate of drug-likeness (QED) is 0.575. The molecule has 0 radical (unpaired) electrons. The van der Waals surface area contributed by atoms with Crippen molar-refractivity contribution in [1.29, 1.82) is 0 Å². The maximum atomic E-state index is 11.1. The van der Waals surface area contributed by atoms with Crippen LogP contribution in [0.15, 0.2) is 18.2 Å². The van der Waals surface area contributed by atoms with E-state index >= 15 is 0 Å². The molecule has 0 aromatic heterocycles. The van der Waals surface area contributed by atoms with Crippen LogP contribution in [0.5, 0.6) is 0 Å². The molecule has 0 heterocycles. The van der Waals surface area contributed by atoms with Gasteiger partial charge in [0.1, 0.15) is 5.56 Å². The van der Waals surface area contributed by atoms with Crippen molar-refractivity contribution >= 4 is 23.3 Å². The molecule has 0 saturated carbocycles. The molecule has 1 aromatic rings. The van der Waals surface area contributed by atoms with E-state index in [0.717, 1.165) is 6.07 Å². The summed E-state index contributed by atoms with van der Waals surface area (Å²) in [6.45, 7) is 4.24. The van der Waals surface area contributed by atoms with Crippen molar-refractivity contribution in [3.8, 4) is 0 Å². The highest BCUT2D eigenvalue weighted by molar-refractivity contribution is 5.94. The van der Waals surface area contributed by atoms with E-state index in [1.807, 2.05) is 13.8 Å². The molecule has 21 heavy (non-hydrogen) atoms. The van der Waals surface area contributed by atoms with Crippen molar-refractivity contribution in [3.05, 3.63) is 33.9 Å². The van der Waals surface area contributed by atoms with Crippen LogP contribution in [0, 0.1) is 16.0 Å². The zero-order valence-electron chi connectivity index (χ0n) is 11.8. The Kier molecular flexibility index (Phi) is 5.23. The van der Waals surface area contributed by atoms with Gasteiger partial charge in [0.05, 0.1) is 11.5 Å². The maximum Gasteiger partial charge on any atom is 0.342 e. The van der Waals surface area contributed by atoms with Gasteiger partial charge in [-0.1, -0.05) is 13.8 Å². The monoisotopic (exact) mass is 295 g/mol. The molecule has 8 nitrogen and oxygen atoms in total. The van der Waals surface area contributed by atoms with Gasteiger partial charge >= 0.3 is 5.97 Å². The van der Waals surface area contributed by atoms with Gasteiger partial charge in [0, 0.05) is 18.3 Å². The lowest BCUT2D eigenvalue weighted by Crippen LogP contribution is -2.36. The van der Waals surface area contributed by atoms with E-state index in [1.165, 1.54) is 12.1 Å². The molecule has 1 rings (SSSR count). The van der Waals surface area contributed by atoms with Crippen molar-refractivity contribution in [1.82, 2.24) is 0 Å². The number of carboxylic acid groups (broad SMARTS) is 1. The first-order valence-corrected chi connectivity index (χ1v) is 6.27. The Balaban J connectivity index is 3.25. The first-order chi connectivity index (χ1) is 9.72. The number of carboxylic acids is 1. The summed E-state index contributed by atoms with van der Waals surface area (Å²) in [5.74, 6) is -1.76. The number of nitro benzene ring substituents is 1. The third kappa shape index (κ3) is 4.44. The summed E-state index contributed by atoms with van der Waals surface area (Å²) in [6, 6.07) is 3.72. The standard InChI is InChI=1S/C13H17N3O5/c1-8(2)6-15(7-12(14)17)9-3-4-11(16(20)21)10(5-9)13(18)19/h3-5,8H,6-7H2,1-2H3,(H2,14,17)(H,18,19). The number of carbonyl (C=O) groups is 2. The highest BCUT2D eigenvalue weighted by Crippen LogP contribution is 2.25. The molecule has 0 atom stereocenters. The molecule has 0 aliphatic heterocycles. The van der Waals surface area contributed by atoms with Gasteiger partial charge in [-0.3, -0.25) is 14.9 Å². The molecule has 3 N–H and O–H groups in total. The van der Waals surface area contributed by atoms with E-state index < -0.39 is 28.1 Å². The molecular formula is C13H17N3O5. The fourth-order valence-corrected chi connectivity index (χ4v) is 1.94. The zero-order chi connectivity index (χ0) is 16.2. The lowest BCUT2D eigenvalue weighted by molar-refractivity contribution is -0.385. The molecule has 114 valence electrons. The summed E-state index contributed by atoms with van der Waals surface area (Å²) < 4.78 is 0. The number of hydrogen-bond donors (Lipinski definition) is 2. The number of nitrogens with two attached hydrogens (primary N) is 1. The van der Waals surface area contributed by atoms with E-state index in [9.17, 15) is 19.7 Å². The smallest absolute Gasteiger partial charge is 0.342 e. The Labute approximate surface area is 121 Å². The second kappa shape index (κ2) is 6.69. The minimum absolute atomic E-state index is 0.0882. The Morgan fingerprint density at radius 1 is 1.43 bits per heavy atom. The molecule has 0 spiro atoms. The van der Waals surface area contributed by atoms with E-state index in [2.05, 4.69) is 0 Å². The lowest BCUT2D eigenvalue weighted by Gasteiger charge is -2.25. The van der Waals surface area contributed by atoms with Gasteiger partial charge in [-0.25, -0.2) is 4.79 Å². The van der Waals surface area contributed by atoms with Crippen LogP contribution >= 0.6 is 0 Å². The number of anilines is 1. The van der Waals surface area contributed by atoms with Crippen LogP contribution in [0.2, 0.25) is 0 Å². The Bertz CT molecular complexity index is 571. The first-order valence-electron chi connectivity index (χ1n) is 6.27. The fourth-order valence-electron chi connectivity index (χ4n) is 1.94. The average Bonchev–Trinajstić information content (AvgIpc) is 2.35. The highest BCUT2D eigenvalue weighted by Gasteiger charge is 2.22. The van der Waals surface area contributed by atoms with Crippen molar-refractivity contribution in [2.75, 3.05) is 18.0 Å². The number of hydrogen-bond acceptors (Lipinski definition) is 5. The molecule has 1 aromatic carbocycles. The van der Waals surface area contributed by atoms with Crippen LogP contribution in [-0.2, 0) is 4.79 Å². The molecule has 8 heteroatoms. The zero-order valence-corrected chi connectivity index (χ0v) is 11.8. The number of aromatic carboxylic acids is 1. The van der Waals surface area contributed by atoms with Crippen LogP contribution < -0.4 is 10.6 Å². The van der Waals surface area contributed by atoms with Crippen LogP contribution in [0.25, 0.3) is 0 Å². The van der Waals surface area contributed by atoms with Crippen molar-refractivity contribution in [2.45, 2.75) is 13.8 Å². The minimum Gasteiger partial charge on any atom is -0.477 e. The summed E-state index contributed by atoms with van der Waals surface area (Å²) >= 11 is 0. The average molecular weight is 295 g/mol. The highest BCUT2D eigenvalue weighted by atomic mass is 16.6. The van der Waals surface area contributed by atoms with Crippen LogP contribution in [-0.4, -0.2) is 35.0 Å². The van der Waals surface area contributed by atoms with Gasteiger partial charge in [-0.05, 0) is 18.1 Å². The number of benzene rings is 1. The predicted molar refractivity (Wildman–Crippen MR) is 76.3 cm³/mol. The van der Waals surface area contributed by atoms with Gasteiger partial charge in [0.25, 0.3) is 5.69 Å². The van der Waals surface area contributed by atoms with Gasteiger partial charge in [-0.2, -0.15) is 0 Å². The van der Waals surface area contributed by atoms with Gasteiger partial charge in [0.15, 0.2) is 0 Å². The topological polar surface area (TPSA) is 127 Å². The van der Waals surface area contributed by atoms with Crippen LogP contribution in [0.1, 0.15) is 24.2 Å². The van der Waals surface area contributed by atoms with Gasteiger partial charge in [-0.15, -0.1) is 0 Å². The number of rotatable bonds is 7. The number of nitrogens with zero attached hydrogens (tertiary/aromatic N) is 2. The predicted octanol–water partition coefficient (Wildman–Crippen LogP) is 1.24. The van der Waals surface area contributed by atoms with Crippen molar-refractivity contribution in [2.24, 2.45) is 11.7 Å². The fraction of sp³-hybridized carbons (Fsp3) is 0.385. The number of primary amides is 1. The third-order valence-corrected chi connectivity index (χ3v) is 2.70. The number of carbonyl (C=O) groups excluding carboxylic acids is 1. The molecule has 0 unspecified atom stereocenters. The molecule has 0 aliphatic rings. The maximum absolute atomic E-state index is 11.1. The van der Waals surface area contributed by atoms with Crippen molar-refractivity contribution < 1.29 is 19.6 Å².